The first kappa shape index (κ1) is 12.6. The highest BCUT2D eigenvalue weighted by molar-refractivity contribution is 5.21. The molecule has 0 saturated carbocycles. The van der Waals surface area contributed by atoms with E-state index in [0.29, 0.717) is 0 Å². The van der Waals surface area contributed by atoms with Crippen molar-refractivity contribution in [1.82, 2.24) is 4.90 Å². The number of hydrogen-bond acceptors (Lipinski definition) is 3. The number of hydrogen-bond donors (Lipinski definition) is 1. The second-order valence-electron chi connectivity index (χ2n) is 5.17. The molecule has 94 valence electrons. The Kier molecular flexibility index (Phi) is 3.82. The molecular weight excluding hydrogens is 212 g/mol. The van der Waals surface area contributed by atoms with Gasteiger partial charge in [0.25, 0.3) is 0 Å². The molecule has 1 unspecified atom stereocenters. The first-order valence-corrected chi connectivity index (χ1v) is 6.19. The standard InChI is InChI=1S/C14H22N2O/c1-3-4-5-6-12(2)7-16-8-13(15)14(9-16)10-17-11-14/h3-6,13H,2,7-11,15H2,1H3/b4-3-,6-5-. The molecule has 0 aromatic heterocycles. The van der Waals surface area contributed by atoms with E-state index in [-0.39, 0.29) is 11.5 Å². The second kappa shape index (κ2) is 5.17. The topological polar surface area (TPSA) is 38.5 Å². The Morgan fingerprint density at radius 1 is 1.53 bits per heavy atom. The largest absolute Gasteiger partial charge is 0.380 e. The quantitative estimate of drug-likeness (QED) is 0.746. The number of likely N-dealkylation sites (tertiary alicyclic amines) is 1. The highest BCUT2D eigenvalue weighted by Crippen LogP contribution is 2.36. The van der Waals surface area contributed by atoms with E-state index in [0.717, 1.165) is 38.4 Å². The van der Waals surface area contributed by atoms with Crippen LogP contribution in [0.5, 0.6) is 0 Å². The highest BCUT2D eigenvalue weighted by Gasteiger charge is 2.50. The van der Waals surface area contributed by atoms with E-state index in [1.54, 1.807) is 0 Å². The molecule has 2 fully saturated rings. The van der Waals surface area contributed by atoms with Crippen molar-refractivity contribution < 1.29 is 4.74 Å². The molecule has 3 nitrogen and oxygen atoms in total. The SMILES string of the molecule is C=C(/C=C\C=C/C)CN1CC(N)C2(COC2)C1. The molecule has 1 atom stereocenters. The highest BCUT2D eigenvalue weighted by atomic mass is 16.5. The Labute approximate surface area is 104 Å². The van der Waals surface area contributed by atoms with Crippen molar-refractivity contribution in [2.75, 3.05) is 32.8 Å². The van der Waals surface area contributed by atoms with E-state index >= 15 is 0 Å². The lowest BCUT2D eigenvalue weighted by Gasteiger charge is -2.40. The lowest BCUT2D eigenvalue weighted by atomic mass is 9.82. The van der Waals surface area contributed by atoms with Gasteiger partial charge in [0.1, 0.15) is 0 Å². The van der Waals surface area contributed by atoms with Crippen LogP contribution >= 0.6 is 0 Å². The maximum absolute atomic E-state index is 6.18. The van der Waals surface area contributed by atoms with Crippen LogP contribution in [-0.2, 0) is 4.74 Å². The van der Waals surface area contributed by atoms with Crippen LogP contribution in [0.3, 0.4) is 0 Å². The summed E-state index contributed by atoms with van der Waals surface area (Å²) in [6.45, 7) is 10.6. The Hall–Kier alpha value is -0.900. The maximum Gasteiger partial charge on any atom is 0.0572 e. The molecule has 2 heterocycles. The van der Waals surface area contributed by atoms with E-state index < -0.39 is 0 Å². The van der Waals surface area contributed by atoms with Crippen LogP contribution in [0.15, 0.2) is 36.5 Å². The summed E-state index contributed by atoms with van der Waals surface area (Å²) >= 11 is 0. The molecule has 0 amide bonds. The third kappa shape index (κ3) is 2.68. The number of nitrogens with zero attached hydrogens (tertiary/aromatic N) is 1. The zero-order valence-electron chi connectivity index (χ0n) is 10.6. The van der Waals surface area contributed by atoms with Gasteiger partial charge in [-0.05, 0) is 12.5 Å². The van der Waals surface area contributed by atoms with Gasteiger partial charge in [0.05, 0.1) is 13.2 Å². The molecule has 0 aromatic rings. The van der Waals surface area contributed by atoms with Gasteiger partial charge in [0.2, 0.25) is 0 Å². The fourth-order valence-corrected chi connectivity index (χ4v) is 2.53. The van der Waals surface area contributed by atoms with Crippen molar-refractivity contribution in [2.24, 2.45) is 11.1 Å². The van der Waals surface area contributed by atoms with Crippen molar-refractivity contribution in [2.45, 2.75) is 13.0 Å². The van der Waals surface area contributed by atoms with E-state index in [1.807, 2.05) is 25.2 Å². The molecule has 0 radical (unpaired) electrons. The minimum Gasteiger partial charge on any atom is -0.380 e. The molecule has 0 aromatic carbocycles. The molecule has 0 bridgehead atoms. The second-order valence-corrected chi connectivity index (χ2v) is 5.17. The molecule has 2 aliphatic rings. The number of ether oxygens (including phenoxy) is 1. The summed E-state index contributed by atoms with van der Waals surface area (Å²) in [5, 5.41) is 0. The first-order valence-electron chi connectivity index (χ1n) is 6.19. The summed E-state index contributed by atoms with van der Waals surface area (Å²) in [4.78, 5) is 2.38. The summed E-state index contributed by atoms with van der Waals surface area (Å²) in [6.07, 6.45) is 8.12. The van der Waals surface area contributed by atoms with Gasteiger partial charge >= 0.3 is 0 Å². The fraction of sp³-hybridized carbons (Fsp3) is 0.571. The van der Waals surface area contributed by atoms with Crippen LogP contribution < -0.4 is 5.73 Å². The third-order valence-electron chi connectivity index (χ3n) is 3.62. The van der Waals surface area contributed by atoms with Gasteiger partial charge in [0, 0.05) is 31.1 Å². The van der Waals surface area contributed by atoms with Gasteiger partial charge in [-0.1, -0.05) is 30.9 Å². The zero-order valence-corrected chi connectivity index (χ0v) is 10.6. The summed E-state index contributed by atoms with van der Waals surface area (Å²) in [7, 11) is 0. The van der Waals surface area contributed by atoms with Crippen LogP contribution in [0.2, 0.25) is 0 Å². The number of nitrogens with two attached hydrogens (primary N) is 1. The van der Waals surface area contributed by atoms with Crippen molar-refractivity contribution >= 4 is 0 Å². The van der Waals surface area contributed by atoms with Gasteiger partial charge in [-0.25, -0.2) is 0 Å². The average Bonchev–Trinajstić information content (AvgIpc) is 2.55. The predicted octanol–water partition coefficient (Wildman–Crippen LogP) is 1.33. The Morgan fingerprint density at radius 3 is 2.82 bits per heavy atom. The number of allylic oxidation sites excluding steroid dienone is 3. The molecule has 2 saturated heterocycles. The lowest BCUT2D eigenvalue weighted by Crippen LogP contribution is -2.54. The van der Waals surface area contributed by atoms with E-state index in [1.165, 1.54) is 0 Å². The molecule has 2 aliphatic heterocycles. The van der Waals surface area contributed by atoms with Crippen molar-refractivity contribution in [3.63, 3.8) is 0 Å². The Morgan fingerprint density at radius 2 is 2.29 bits per heavy atom. The number of rotatable bonds is 4. The molecule has 2 rings (SSSR count). The van der Waals surface area contributed by atoms with Gasteiger partial charge < -0.3 is 10.5 Å². The van der Waals surface area contributed by atoms with Gasteiger partial charge in [-0.2, -0.15) is 0 Å². The maximum atomic E-state index is 6.18. The molecule has 17 heavy (non-hydrogen) atoms. The van der Waals surface area contributed by atoms with Crippen molar-refractivity contribution in [3.05, 3.63) is 36.5 Å². The van der Waals surface area contributed by atoms with Crippen LogP contribution in [0.1, 0.15) is 6.92 Å². The summed E-state index contributed by atoms with van der Waals surface area (Å²) in [6, 6.07) is 0.253. The van der Waals surface area contributed by atoms with Crippen LogP contribution in [0.25, 0.3) is 0 Å². The van der Waals surface area contributed by atoms with Crippen molar-refractivity contribution in [3.8, 4) is 0 Å². The monoisotopic (exact) mass is 234 g/mol. The Bertz CT molecular complexity index is 342. The molecule has 2 N–H and O–H groups in total. The lowest BCUT2D eigenvalue weighted by molar-refractivity contribution is -0.111. The normalized spacial score (nSPS) is 28.2. The Balaban J connectivity index is 1.83. The molecule has 0 aliphatic carbocycles. The van der Waals surface area contributed by atoms with Crippen LogP contribution in [0.4, 0.5) is 0 Å². The van der Waals surface area contributed by atoms with E-state index in [4.69, 9.17) is 10.5 Å². The van der Waals surface area contributed by atoms with Gasteiger partial charge in [-0.15, -0.1) is 0 Å². The molecule has 1 spiro atoms. The summed E-state index contributed by atoms with van der Waals surface area (Å²) < 4.78 is 5.31. The predicted molar refractivity (Wildman–Crippen MR) is 70.8 cm³/mol. The third-order valence-corrected chi connectivity index (χ3v) is 3.62. The summed E-state index contributed by atoms with van der Waals surface area (Å²) in [5.41, 5.74) is 7.54. The van der Waals surface area contributed by atoms with Gasteiger partial charge in [-0.3, -0.25) is 4.90 Å². The minimum absolute atomic E-state index is 0.229. The van der Waals surface area contributed by atoms with Crippen LogP contribution in [0, 0.1) is 5.41 Å². The molecule has 3 heteroatoms. The van der Waals surface area contributed by atoms with Gasteiger partial charge in [0.15, 0.2) is 0 Å². The zero-order chi connectivity index (χ0) is 12.3. The minimum atomic E-state index is 0.229. The fourth-order valence-electron chi connectivity index (χ4n) is 2.53. The summed E-state index contributed by atoms with van der Waals surface area (Å²) in [5.74, 6) is 0. The van der Waals surface area contributed by atoms with Crippen LogP contribution in [-0.4, -0.2) is 43.8 Å². The van der Waals surface area contributed by atoms with E-state index in [9.17, 15) is 0 Å². The molecular formula is C14H22N2O. The van der Waals surface area contributed by atoms with Crippen molar-refractivity contribution in [1.29, 1.82) is 0 Å². The van der Waals surface area contributed by atoms with E-state index in [2.05, 4.69) is 17.6 Å². The smallest absolute Gasteiger partial charge is 0.0572 e. The first-order chi connectivity index (χ1) is 8.16. The average molecular weight is 234 g/mol.